The van der Waals surface area contributed by atoms with Gasteiger partial charge in [0.2, 0.25) is 0 Å². The van der Waals surface area contributed by atoms with Crippen LogP contribution in [-0.4, -0.2) is 16.9 Å². The lowest BCUT2D eigenvalue weighted by molar-refractivity contribution is 0.102. The standard InChI is InChI=1S/C19H17ClN4O2S/c1-11-6-7-15(8-12(11)2)21-17(25)16-10-27-19(23-16)24-18(26)22-14-5-3-4-13(20)9-14/h3-10H,1-2H3,(H,21,25)(H2,22,23,24,26). The number of nitrogens with one attached hydrogen (secondary N) is 3. The molecule has 0 spiro atoms. The number of aryl methyl sites for hydroxylation is 2. The molecule has 0 radical (unpaired) electrons. The number of carbonyl (C=O) groups excluding carboxylic acids is 2. The lowest BCUT2D eigenvalue weighted by Crippen LogP contribution is -2.19. The minimum Gasteiger partial charge on any atom is -0.321 e. The van der Waals surface area contributed by atoms with Gasteiger partial charge in [0, 0.05) is 21.8 Å². The normalized spacial score (nSPS) is 10.3. The maximum Gasteiger partial charge on any atom is 0.325 e. The van der Waals surface area contributed by atoms with E-state index in [1.165, 1.54) is 11.3 Å². The van der Waals surface area contributed by atoms with E-state index in [1.54, 1.807) is 29.6 Å². The van der Waals surface area contributed by atoms with Crippen molar-refractivity contribution in [3.05, 3.63) is 69.7 Å². The Balaban J connectivity index is 1.61. The van der Waals surface area contributed by atoms with Crippen LogP contribution in [0, 0.1) is 13.8 Å². The summed E-state index contributed by atoms with van der Waals surface area (Å²) in [5.41, 5.74) is 3.73. The number of carbonyl (C=O) groups is 2. The van der Waals surface area contributed by atoms with E-state index in [0.29, 0.717) is 21.5 Å². The maximum absolute atomic E-state index is 12.3. The van der Waals surface area contributed by atoms with Gasteiger partial charge in [-0.3, -0.25) is 10.1 Å². The molecule has 8 heteroatoms. The van der Waals surface area contributed by atoms with Crippen molar-refractivity contribution in [2.75, 3.05) is 16.0 Å². The van der Waals surface area contributed by atoms with Crippen LogP contribution in [0.5, 0.6) is 0 Å². The molecule has 0 aliphatic rings. The summed E-state index contributed by atoms with van der Waals surface area (Å²) in [5, 5.41) is 10.5. The van der Waals surface area contributed by atoms with E-state index in [2.05, 4.69) is 20.9 Å². The fourth-order valence-electron chi connectivity index (χ4n) is 2.28. The van der Waals surface area contributed by atoms with Crippen molar-refractivity contribution in [1.82, 2.24) is 4.98 Å². The molecule has 0 saturated heterocycles. The number of nitrogens with zero attached hydrogens (tertiary/aromatic N) is 1. The molecule has 138 valence electrons. The molecule has 1 heterocycles. The van der Waals surface area contributed by atoms with Crippen LogP contribution in [0.25, 0.3) is 0 Å². The highest BCUT2D eigenvalue weighted by molar-refractivity contribution is 7.14. The number of hydrogen-bond donors (Lipinski definition) is 3. The highest BCUT2D eigenvalue weighted by Gasteiger charge is 2.13. The largest absolute Gasteiger partial charge is 0.325 e. The van der Waals surface area contributed by atoms with Gasteiger partial charge in [-0.15, -0.1) is 11.3 Å². The highest BCUT2D eigenvalue weighted by Crippen LogP contribution is 2.20. The fraction of sp³-hybridized carbons (Fsp3) is 0.105. The average Bonchev–Trinajstić information content (AvgIpc) is 3.06. The predicted molar refractivity (Wildman–Crippen MR) is 110 cm³/mol. The summed E-state index contributed by atoms with van der Waals surface area (Å²) < 4.78 is 0. The summed E-state index contributed by atoms with van der Waals surface area (Å²) >= 11 is 7.05. The van der Waals surface area contributed by atoms with Gasteiger partial charge < -0.3 is 10.6 Å². The van der Waals surface area contributed by atoms with Gasteiger partial charge >= 0.3 is 6.03 Å². The van der Waals surface area contributed by atoms with Crippen molar-refractivity contribution in [3.8, 4) is 0 Å². The lowest BCUT2D eigenvalue weighted by Gasteiger charge is -2.06. The van der Waals surface area contributed by atoms with Crippen molar-refractivity contribution < 1.29 is 9.59 Å². The van der Waals surface area contributed by atoms with Gasteiger partial charge in [0.15, 0.2) is 5.13 Å². The second kappa shape index (κ2) is 8.20. The smallest absolute Gasteiger partial charge is 0.321 e. The van der Waals surface area contributed by atoms with E-state index in [4.69, 9.17) is 11.6 Å². The van der Waals surface area contributed by atoms with Gasteiger partial charge in [0.1, 0.15) is 5.69 Å². The van der Waals surface area contributed by atoms with Gasteiger partial charge in [-0.25, -0.2) is 9.78 Å². The molecule has 27 heavy (non-hydrogen) atoms. The molecule has 2 aromatic carbocycles. The second-order valence-corrected chi connectivity index (χ2v) is 7.18. The van der Waals surface area contributed by atoms with Crippen LogP contribution >= 0.6 is 22.9 Å². The van der Waals surface area contributed by atoms with Crippen LogP contribution < -0.4 is 16.0 Å². The Hall–Kier alpha value is -2.90. The number of thiazole rings is 1. The summed E-state index contributed by atoms with van der Waals surface area (Å²) in [5.74, 6) is -0.335. The van der Waals surface area contributed by atoms with Gasteiger partial charge in [-0.1, -0.05) is 23.7 Å². The molecule has 0 fully saturated rings. The monoisotopic (exact) mass is 400 g/mol. The minimum absolute atomic E-state index is 0.233. The van der Waals surface area contributed by atoms with Crippen molar-refractivity contribution in [2.45, 2.75) is 13.8 Å². The summed E-state index contributed by atoms with van der Waals surface area (Å²) in [6.45, 7) is 3.99. The first-order chi connectivity index (χ1) is 12.9. The van der Waals surface area contributed by atoms with E-state index in [9.17, 15) is 9.59 Å². The molecule has 0 unspecified atom stereocenters. The average molecular weight is 401 g/mol. The molecule has 3 amide bonds. The molecule has 0 bridgehead atoms. The Kier molecular flexibility index (Phi) is 5.73. The van der Waals surface area contributed by atoms with Gasteiger partial charge in [-0.2, -0.15) is 0 Å². The molecule has 6 nitrogen and oxygen atoms in total. The third-order valence-electron chi connectivity index (χ3n) is 3.80. The first-order valence-electron chi connectivity index (χ1n) is 8.08. The molecule has 0 aliphatic carbocycles. The highest BCUT2D eigenvalue weighted by atomic mass is 35.5. The Labute approximate surface area is 165 Å². The van der Waals surface area contributed by atoms with Crippen LogP contribution in [0.1, 0.15) is 21.6 Å². The van der Waals surface area contributed by atoms with Gasteiger partial charge in [0.05, 0.1) is 0 Å². The van der Waals surface area contributed by atoms with E-state index >= 15 is 0 Å². The van der Waals surface area contributed by atoms with E-state index in [0.717, 1.165) is 11.1 Å². The first kappa shape index (κ1) is 18.9. The maximum atomic E-state index is 12.3. The van der Waals surface area contributed by atoms with Crippen LogP contribution in [0.3, 0.4) is 0 Å². The topological polar surface area (TPSA) is 83.1 Å². The molecular weight excluding hydrogens is 384 g/mol. The van der Waals surface area contributed by atoms with Crippen LogP contribution in [0.4, 0.5) is 21.3 Å². The summed E-state index contributed by atoms with van der Waals surface area (Å²) in [4.78, 5) is 28.5. The molecule has 0 atom stereocenters. The van der Waals surface area contributed by atoms with Gasteiger partial charge in [0.25, 0.3) is 5.91 Å². The number of benzene rings is 2. The van der Waals surface area contributed by atoms with E-state index in [-0.39, 0.29) is 11.6 Å². The lowest BCUT2D eigenvalue weighted by atomic mass is 10.1. The SMILES string of the molecule is Cc1ccc(NC(=O)c2csc(NC(=O)Nc3cccc(Cl)c3)n2)cc1C. The number of urea groups is 1. The Morgan fingerprint density at radius 2 is 1.74 bits per heavy atom. The van der Waals surface area contributed by atoms with Crippen LogP contribution in [-0.2, 0) is 0 Å². The Morgan fingerprint density at radius 3 is 2.48 bits per heavy atom. The van der Waals surface area contributed by atoms with Crippen molar-refractivity contribution in [2.24, 2.45) is 0 Å². The zero-order valence-corrected chi connectivity index (χ0v) is 16.2. The zero-order chi connectivity index (χ0) is 19.4. The zero-order valence-electron chi connectivity index (χ0n) is 14.7. The van der Waals surface area contributed by atoms with Crippen molar-refractivity contribution in [3.63, 3.8) is 0 Å². The summed E-state index contributed by atoms with van der Waals surface area (Å²) in [7, 11) is 0. The second-order valence-electron chi connectivity index (χ2n) is 5.88. The molecular formula is C19H17ClN4O2S. The van der Waals surface area contributed by atoms with E-state index in [1.807, 2.05) is 32.0 Å². The fourth-order valence-corrected chi connectivity index (χ4v) is 3.15. The summed E-state index contributed by atoms with van der Waals surface area (Å²) in [6.07, 6.45) is 0. The third kappa shape index (κ3) is 5.06. The molecule has 0 saturated carbocycles. The number of hydrogen-bond acceptors (Lipinski definition) is 4. The van der Waals surface area contributed by atoms with Crippen molar-refractivity contribution in [1.29, 1.82) is 0 Å². The molecule has 3 N–H and O–H groups in total. The number of amides is 3. The molecule has 1 aromatic heterocycles. The molecule has 3 aromatic rings. The Bertz CT molecular complexity index is 1000. The van der Waals surface area contributed by atoms with Crippen LogP contribution in [0.2, 0.25) is 5.02 Å². The Morgan fingerprint density at radius 1 is 0.963 bits per heavy atom. The number of aromatic nitrogens is 1. The summed E-state index contributed by atoms with van der Waals surface area (Å²) in [6, 6.07) is 12.0. The van der Waals surface area contributed by atoms with Crippen LogP contribution in [0.15, 0.2) is 47.8 Å². The van der Waals surface area contributed by atoms with Crippen molar-refractivity contribution >= 4 is 51.4 Å². The molecule has 0 aliphatic heterocycles. The first-order valence-corrected chi connectivity index (χ1v) is 9.34. The van der Waals surface area contributed by atoms with Gasteiger partial charge in [-0.05, 0) is 55.3 Å². The number of rotatable bonds is 4. The third-order valence-corrected chi connectivity index (χ3v) is 4.80. The number of anilines is 3. The predicted octanol–water partition coefficient (Wildman–Crippen LogP) is 5.31. The quantitative estimate of drug-likeness (QED) is 0.555. The number of halogens is 1. The van der Waals surface area contributed by atoms with E-state index < -0.39 is 6.03 Å². The molecule has 3 rings (SSSR count). The minimum atomic E-state index is -0.465.